The highest BCUT2D eigenvalue weighted by molar-refractivity contribution is 6.01. The summed E-state index contributed by atoms with van der Waals surface area (Å²) in [5.74, 6) is -1.71. The van der Waals surface area contributed by atoms with Crippen LogP contribution in [0.3, 0.4) is 0 Å². The number of anilines is 1. The Balaban J connectivity index is 1.62. The molecule has 1 aromatic carbocycles. The van der Waals surface area contributed by atoms with Crippen LogP contribution < -0.4 is 10.6 Å². The van der Waals surface area contributed by atoms with E-state index in [1.807, 2.05) is 0 Å². The van der Waals surface area contributed by atoms with Gasteiger partial charge in [0.15, 0.2) is 0 Å². The first-order valence-corrected chi connectivity index (χ1v) is 8.79. The molecule has 26 heavy (non-hydrogen) atoms. The Hall–Kier alpha value is -2.64. The van der Waals surface area contributed by atoms with E-state index in [4.69, 9.17) is 4.74 Å². The van der Waals surface area contributed by atoms with Crippen LogP contribution in [0.1, 0.15) is 37.7 Å². The summed E-state index contributed by atoms with van der Waals surface area (Å²) in [6.07, 6.45) is 0.869. The van der Waals surface area contributed by atoms with E-state index in [1.165, 1.54) is 18.2 Å². The number of piperidine rings is 1. The lowest BCUT2D eigenvalue weighted by molar-refractivity contribution is -0.127. The van der Waals surface area contributed by atoms with Crippen molar-refractivity contribution in [1.29, 1.82) is 0 Å². The van der Waals surface area contributed by atoms with E-state index in [-0.39, 0.29) is 30.4 Å². The molecule has 0 aliphatic carbocycles. The van der Waals surface area contributed by atoms with Crippen molar-refractivity contribution in [2.24, 2.45) is 0 Å². The molecule has 1 unspecified atom stereocenters. The van der Waals surface area contributed by atoms with Gasteiger partial charge in [-0.15, -0.1) is 0 Å². The number of hydrogen-bond donors (Lipinski definition) is 2. The van der Waals surface area contributed by atoms with Crippen LogP contribution in [-0.4, -0.2) is 48.5 Å². The molecule has 0 saturated carbocycles. The van der Waals surface area contributed by atoms with E-state index in [0.29, 0.717) is 43.8 Å². The van der Waals surface area contributed by atoms with Crippen molar-refractivity contribution in [2.75, 3.05) is 25.0 Å². The van der Waals surface area contributed by atoms with Crippen LogP contribution in [0.5, 0.6) is 0 Å². The monoisotopic (exact) mass is 363 g/mol. The highest BCUT2D eigenvalue weighted by Crippen LogP contribution is 2.33. The number of halogens is 1. The summed E-state index contributed by atoms with van der Waals surface area (Å²) >= 11 is 0. The number of nitrogens with zero attached hydrogens (tertiary/aromatic N) is 1. The lowest BCUT2D eigenvalue weighted by atomic mass is 9.89. The van der Waals surface area contributed by atoms with Crippen molar-refractivity contribution in [3.05, 3.63) is 29.6 Å². The molecule has 140 valence electrons. The number of rotatable bonds is 3. The van der Waals surface area contributed by atoms with Gasteiger partial charge in [-0.1, -0.05) is 0 Å². The predicted octanol–water partition coefficient (Wildman–Crippen LogP) is 1.99. The average Bonchev–Trinajstić information content (AvgIpc) is 2.62. The third kappa shape index (κ3) is 3.95. The molecule has 2 N–H and O–H groups in total. The van der Waals surface area contributed by atoms with Crippen molar-refractivity contribution in [3.8, 4) is 0 Å². The normalized spacial score (nSPS) is 20.2. The first-order chi connectivity index (χ1) is 12.5. The Kier molecular flexibility index (Phi) is 5.39. The second kappa shape index (κ2) is 7.72. The summed E-state index contributed by atoms with van der Waals surface area (Å²) in [5.41, 5.74) is 0.964. The number of fused-ring (bicyclic) bond motifs is 1. The number of nitrogens with one attached hydrogen (secondary N) is 2. The SMILES string of the molecule is CCOC(=O)N1CCC(NC(=O)C2CC(=O)Nc3ccc(F)cc32)CC1. The van der Waals surface area contributed by atoms with Crippen molar-refractivity contribution in [1.82, 2.24) is 10.2 Å². The summed E-state index contributed by atoms with van der Waals surface area (Å²) in [5, 5.41) is 5.60. The predicted molar refractivity (Wildman–Crippen MR) is 92.1 cm³/mol. The Morgan fingerprint density at radius 1 is 1.35 bits per heavy atom. The van der Waals surface area contributed by atoms with Crippen molar-refractivity contribution >= 4 is 23.6 Å². The van der Waals surface area contributed by atoms with Crippen LogP contribution in [-0.2, 0) is 14.3 Å². The fourth-order valence-electron chi connectivity index (χ4n) is 3.39. The first kappa shape index (κ1) is 18.2. The minimum atomic E-state index is -0.711. The topological polar surface area (TPSA) is 87.7 Å². The van der Waals surface area contributed by atoms with Crippen LogP contribution in [0.4, 0.5) is 14.9 Å². The van der Waals surface area contributed by atoms with E-state index in [1.54, 1.807) is 11.8 Å². The second-order valence-corrected chi connectivity index (χ2v) is 6.51. The van der Waals surface area contributed by atoms with Crippen LogP contribution in [0.15, 0.2) is 18.2 Å². The second-order valence-electron chi connectivity index (χ2n) is 6.51. The number of amides is 3. The zero-order chi connectivity index (χ0) is 18.7. The smallest absolute Gasteiger partial charge is 0.409 e. The van der Waals surface area contributed by atoms with Gasteiger partial charge in [0.2, 0.25) is 11.8 Å². The molecule has 0 aromatic heterocycles. The van der Waals surface area contributed by atoms with Crippen LogP contribution >= 0.6 is 0 Å². The third-order valence-electron chi connectivity index (χ3n) is 4.74. The summed E-state index contributed by atoms with van der Waals surface area (Å²) in [7, 11) is 0. The van der Waals surface area contributed by atoms with Gasteiger partial charge in [-0.25, -0.2) is 9.18 Å². The van der Waals surface area contributed by atoms with Gasteiger partial charge in [-0.2, -0.15) is 0 Å². The maximum Gasteiger partial charge on any atom is 0.409 e. The molecule has 2 heterocycles. The molecular weight excluding hydrogens is 341 g/mol. The summed E-state index contributed by atoms with van der Waals surface area (Å²) in [6, 6.07) is 3.93. The van der Waals surface area contributed by atoms with Crippen molar-refractivity contribution in [3.63, 3.8) is 0 Å². The minimum Gasteiger partial charge on any atom is -0.450 e. The van der Waals surface area contributed by atoms with Crippen LogP contribution in [0.25, 0.3) is 0 Å². The molecule has 1 aromatic rings. The molecule has 0 spiro atoms. The fraction of sp³-hybridized carbons (Fsp3) is 0.500. The number of ether oxygens (including phenoxy) is 1. The lowest BCUT2D eigenvalue weighted by Crippen LogP contribution is -2.48. The van der Waals surface area contributed by atoms with E-state index >= 15 is 0 Å². The van der Waals surface area contributed by atoms with Crippen LogP contribution in [0.2, 0.25) is 0 Å². The molecule has 2 aliphatic rings. The standard InChI is InChI=1S/C18H22FN3O4/c1-2-26-18(25)22-7-5-12(6-8-22)20-17(24)14-10-16(23)21-15-4-3-11(19)9-13(14)15/h3-4,9,12,14H,2,5-8,10H2,1H3,(H,20,24)(H,21,23). The summed E-state index contributed by atoms with van der Waals surface area (Å²) in [4.78, 5) is 37.9. The van der Waals surface area contributed by atoms with E-state index in [0.717, 1.165) is 0 Å². The van der Waals surface area contributed by atoms with E-state index < -0.39 is 11.7 Å². The van der Waals surface area contributed by atoms with Crippen LogP contribution in [0, 0.1) is 5.82 Å². The third-order valence-corrected chi connectivity index (χ3v) is 4.74. The zero-order valence-corrected chi connectivity index (χ0v) is 14.6. The van der Waals surface area contributed by atoms with Crippen molar-refractivity contribution in [2.45, 2.75) is 38.1 Å². The maximum atomic E-state index is 13.6. The zero-order valence-electron chi connectivity index (χ0n) is 14.6. The summed E-state index contributed by atoms with van der Waals surface area (Å²) < 4.78 is 18.5. The Bertz CT molecular complexity index is 716. The molecule has 7 nitrogen and oxygen atoms in total. The van der Waals surface area contributed by atoms with Gasteiger partial charge < -0.3 is 20.3 Å². The quantitative estimate of drug-likeness (QED) is 0.860. The average molecular weight is 363 g/mol. The fourth-order valence-corrected chi connectivity index (χ4v) is 3.39. The van der Waals surface area contributed by atoms with Gasteiger partial charge in [-0.3, -0.25) is 9.59 Å². The molecule has 1 saturated heterocycles. The van der Waals surface area contributed by atoms with Gasteiger partial charge >= 0.3 is 6.09 Å². The van der Waals surface area contributed by atoms with Gasteiger partial charge in [0, 0.05) is 31.2 Å². The molecule has 3 amide bonds. The molecule has 3 rings (SSSR count). The maximum absolute atomic E-state index is 13.6. The molecular formula is C18H22FN3O4. The molecule has 1 fully saturated rings. The van der Waals surface area contributed by atoms with Crippen molar-refractivity contribution < 1.29 is 23.5 Å². The Morgan fingerprint density at radius 2 is 2.08 bits per heavy atom. The molecule has 1 atom stereocenters. The number of benzene rings is 1. The van der Waals surface area contributed by atoms with Gasteiger partial charge in [0.1, 0.15) is 5.82 Å². The first-order valence-electron chi connectivity index (χ1n) is 8.79. The largest absolute Gasteiger partial charge is 0.450 e. The number of hydrogen-bond acceptors (Lipinski definition) is 4. The van der Waals surface area contributed by atoms with E-state index in [2.05, 4.69) is 10.6 Å². The van der Waals surface area contributed by atoms with Gasteiger partial charge in [-0.05, 0) is 43.5 Å². The number of carbonyl (C=O) groups excluding carboxylic acids is 3. The highest BCUT2D eigenvalue weighted by Gasteiger charge is 2.33. The van der Waals surface area contributed by atoms with Gasteiger partial charge in [0.25, 0.3) is 0 Å². The lowest BCUT2D eigenvalue weighted by Gasteiger charge is -2.33. The molecule has 8 heteroatoms. The molecule has 0 bridgehead atoms. The molecule has 0 radical (unpaired) electrons. The highest BCUT2D eigenvalue weighted by atomic mass is 19.1. The van der Waals surface area contributed by atoms with E-state index in [9.17, 15) is 18.8 Å². The number of carbonyl (C=O) groups is 3. The molecule has 2 aliphatic heterocycles. The Morgan fingerprint density at radius 3 is 2.77 bits per heavy atom. The minimum absolute atomic E-state index is 0.00996. The number of likely N-dealkylation sites (tertiary alicyclic amines) is 1. The van der Waals surface area contributed by atoms with Gasteiger partial charge in [0.05, 0.1) is 12.5 Å². The Labute approximate surface area is 150 Å². The summed E-state index contributed by atoms with van der Waals surface area (Å²) in [6.45, 7) is 3.08.